The van der Waals surface area contributed by atoms with Crippen LogP contribution in [0.2, 0.25) is 0 Å². The Morgan fingerprint density at radius 3 is 2.81 bits per heavy atom. The van der Waals surface area contributed by atoms with E-state index in [4.69, 9.17) is 5.84 Å². The summed E-state index contributed by atoms with van der Waals surface area (Å²) in [5.41, 5.74) is 2.15. The summed E-state index contributed by atoms with van der Waals surface area (Å²) in [6, 6.07) is 0.214. The van der Waals surface area contributed by atoms with Crippen LogP contribution in [0.3, 0.4) is 0 Å². The highest BCUT2D eigenvalue weighted by molar-refractivity contribution is 5.77. The molecule has 0 spiro atoms. The molecular formula is C10H20N4O2. The molecule has 0 aromatic rings. The van der Waals surface area contributed by atoms with Crippen LogP contribution in [0.25, 0.3) is 0 Å². The summed E-state index contributed by atoms with van der Waals surface area (Å²) in [6.45, 7) is 5.76. The molecule has 92 valence electrons. The van der Waals surface area contributed by atoms with Gasteiger partial charge >= 0.3 is 0 Å². The van der Waals surface area contributed by atoms with Gasteiger partial charge in [0.05, 0.1) is 0 Å². The van der Waals surface area contributed by atoms with Crippen LogP contribution >= 0.6 is 0 Å². The lowest BCUT2D eigenvalue weighted by atomic mass is 10.1. The van der Waals surface area contributed by atoms with Gasteiger partial charge in [-0.25, -0.2) is 5.84 Å². The number of hydrogen-bond donors (Lipinski definition) is 3. The lowest BCUT2D eigenvalue weighted by molar-refractivity contribution is -0.125. The molecule has 6 heteroatoms. The van der Waals surface area contributed by atoms with Gasteiger partial charge in [0.1, 0.15) is 0 Å². The summed E-state index contributed by atoms with van der Waals surface area (Å²) >= 11 is 0. The maximum atomic E-state index is 11.2. The first-order valence-electron chi connectivity index (χ1n) is 5.53. The zero-order valence-electron chi connectivity index (χ0n) is 9.82. The van der Waals surface area contributed by atoms with Crippen LogP contribution in [0, 0.1) is 5.92 Å². The fourth-order valence-electron chi connectivity index (χ4n) is 2.02. The standard InChI is InChI=1S/C10H20N4O2/c1-7(10(16)13-11)5-14-4-3-9(6-14)12-8(2)15/h7,9H,3-6,11H2,1-2H3,(H,12,15)(H,13,16). The van der Waals surface area contributed by atoms with Crippen LogP contribution in [-0.4, -0.2) is 42.4 Å². The highest BCUT2D eigenvalue weighted by atomic mass is 16.2. The van der Waals surface area contributed by atoms with E-state index in [2.05, 4.69) is 15.6 Å². The van der Waals surface area contributed by atoms with E-state index in [1.807, 2.05) is 6.92 Å². The first-order chi connectivity index (χ1) is 7.52. The van der Waals surface area contributed by atoms with Gasteiger partial charge in [-0.1, -0.05) is 6.92 Å². The maximum Gasteiger partial charge on any atom is 0.237 e. The molecule has 2 amide bonds. The van der Waals surface area contributed by atoms with Gasteiger partial charge in [0.2, 0.25) is 11.8 Å². The number of nitrogens with one attached hydrogen (secondary N) is 2. The lowest BCUT2D eigenvalue weighted by Crippen LogP contribution is -2.41. The van der Waals surface area contributed by atoms with Crippen LogP contribution in [0.1, 0.15) is 20.3 Å². The van der Waals surface area contributed by atoms with Gasteiger partial charge < -0.3 is 10.2 Å². The van der Waals surface area contributed by atoms with Gasteiger partial charge in [0.25, 0.3) is 0 Å². The van der Waals surface area contributed by atoms with Gasteiger partial charge in [-0.05, 0) is 6.42 Å². The second-order valence-corrected chi connectivity index (χ2v) is 4.36. The molecule has 6 nitrogen and oxygen atoms in total. The van der Waals surface area contributed by atoms with Crippen molar-refractivity contribution in [2.45, 2.75) is 26.3 Å². The number of carbonyl (C=O) groups excluding carboxylic acids is 2. The van der Waals surface area contributed by atoms with Gasteiger partial charge in [-0.3, -0.25) is 15.0 Å². The number of nitrogens with zero attached hydrogens (tertiary/aromatic N) is 1. The summed E-state index contributed by atoms with van der Waals surface area (Å²) in [5, 5.41) is 2.88. The zero-order valence-corrected chi connectivity index (χ0v) is 9.82. The maximum absolute atomic E-state index is 11.2. The number of amides is 2. The fourth-order valence-corrected chi connectivity index (χ4v) is 2.02. The molecule has 1 saturated heterocycles. The normalized spacial score (nSPS) is 22.8. The molecular weight excluding hydrogens is 208 g/mol. The Bertz CT molecular complexity index is 270. The van der Waals surface area contributed by atoms with Gasteiger partial charge in [-0.15, -0.1) is 0 Å². The molecule has 1 heterocycles. The van der Waals surface area contributed by atoms with Crippen molar-refractivity contribution >= 4 is 11.8 Å². The Hall–Kier alpha value is -1.14. The summed E-state index contributed by atoms with van der Waals surface area (Å²) in [6.07, 6.45) is 0.941. The van der Waals surface area contributed by atoms with Crippen molar-refractivity contribution in [3.8, 4) is 0 Å². The quantitative estimate of drug-likeness (QED) is 0.321. The molecule has 2 atom stereocenters. The van der Waals surface area contributed by atoms with Crippen molar-refractivity contribution in [3.63, 3.8) is 0 Å². The molecule has 2 unspecified atom stereocenters. The number of hydrazine groups is 1. The molecule has 0 aromatic heterocycles. The number of hydrogen-bond acceptors (Lipinski definition) is 4. The van der Waals surface area contributed by atoms with E-state index >= 15 is 0 Å². The van der Waals surface area contributed by atoms with Crippen LogP contribution in [0.4, 0.5) is 0 Å². The number of rotatable bonds is 4. The average Bonchev–Trinajstić information content (AvgIpc) is 2.63. The molecule has 0 aliphatic carbocycles. The first-order valence-corrected chi connectivity index (χ1v) is 5.53. The number of likely N-dealkylation sites (tertiary alicyclic amines) is 1. The minimum atomic E-state index is -0.150. The van der Waals surface area contributed by atoms with Crippen molar-refractivity contribution in [2.24, 2.45) is 11.8 Å². The highest BCUT2D eigenvalue weighted by Gasteiger charge is 2.25. The van der Waals surface area contributed by atoms with Crippen LogP contribution in [0.15, 0.2) is 0 Å². The molecule has 0 saturated carbocycles. The average molecular weight is 228 g/mol. The molecule has 4 N–H and O–H groups in total. The molecule has 0 aromatic carbocycles. The first kappa shape index (κ1) is 12.9. The summed E-state index contributed by atoms with van der Waals surface area (Å²) in [5.74, 6) is 4.79. The van der Waals surface area contributed by atoms with E-state index in [9.17, 15) is 9.59 Å². The second kappa shape index (κ2) is 5.81. The third-order valence-corrected chi connectivity index (χ3v) is 2.80. The molecule has 0 radical (unpaired) electrons. The van der Waals surface area contributed by atoms with E-state index < -0.39 is 0 Å². The summed E-state index contributed by atoms with van der Waals surface area (Å²) in [7, 11) is 0. The van der Waals surface area contributed by atoms with Gasteiger partial charge in [0.15, 0.2) is 0 Å². The Balaban J connectivity index is 2.31. The van der Waals surface area contributed by atoms with Crippen molar-refractivity contribution in [1.29, 1.82) is 0 Å². The second-order valence-electron chi connectivity index (χ2n) is 4.36. The summed E-state index contributed by atoms with van der Waals surface area (Å²) in [4.78, 5) is 24.3. The zero-order chi connectivity index (χ0) is 12.1. The van der Waals surface area contributed by atoms with E-state index in [-0.39, 0.29) is 23.8 Å². The van der Waals surface area contributed by atoms with E-state index in [0.717, 1.165) is 19.5 Å². The Morgan fingerprint density at radius 1 is 1.56 bits per heavy atom. The number of nitrogens with two attached hydrogens (primary N) is 1. The smallest absolute Gasteiger partial charge is 0.237 e. The Labute approximate surface area is 95.5 Å². The molecule has 16 heavy (non-hydrogen) atoms. The minimum absolute atomic E-state index is 0.000371. The predicted octanol–water partition coefficient (Wildman–Crippen LogP) is -1.18. The van der Waals surface area contributed by atoms with E-state index in [0.29, 0.717) is 6.54 Å². The van der Waals surface area contributed by atoms with E-state index in [1.165, 1.54) is 6.92 Å². The largest absolute Gasteiger partial charge is 0.352 e. The molecule has 1 fully saturated rings. The Morgan fingerprint density at radius 2 is 2.25 bits per heavy atom. The summed E-state index contributed by atoms with van der Waals surface area (Å²) < 4.78 is 0. The van der Waals surface area contributed by atoms with Crippen LogP contribution in [0.5, 0.6) is 0 Å². The van der Waals surface area contributed by atoms with Crippen LogP contribution < -0.4 is 16.6 Å². The van der Waals surface area contributed by atoms with E-state index in [1.54, 1.807) is 0 Å². The van der Waals surface area contributed by atoms with Crippen LogP contribution in [-0.2, 0) is 9.59 Å². The predicted molar refractivity (Wildman–Crippen MR) is 60.2 cm³/mol. The fraction of sp³-hybridized carbons (Fsp3) is 0.800. The lowest BCUT2D eigenvalue weighted by Gasteiger charge is -2.19. The molecule has 1 aliphatic heterocycles. The van der Waals surface area contributed by atoms with Gasteiger partial charge in [-0.2, -0.15) is 0 Å². The monoisotopic (exact) mass is 228 g/mol. The molecule has 1 rings (SSSR count). The third-order valence-electron chi connectivity index (χ3n) is 2.80. The van der Waals surface area contributed by atoms with Crippen molar-refractivity contribution < 1.29 is 9.59 Å². The van der Waals surface area contributed by atoms with Gasteiger partial charge in [0, 0.05) is 38.5 Å². The topological polar surface area (TPSA) is 87.5 Å². The van der Waals surface area contributed by atoms with Crippen molar-refractivity contribution in [2.75, 3.05) is 19.6 Å². The minimum Gasteiger partial charge on any atom is -0.352 e. The van der Waals surface area contributed by atoms with Crippen molar-refractivity contribution in [3.05, 3.63) is 0 Å². The Kier molecular flexibility index (Phi) is 4.70. The van der Waals surface area contributed by atoms with Crippen molar-refractivity contribution in [1.82, 2.24) is 15.6 Å². The third kappa shape index (κ3) is 3.79. The molecule has 0 bridgehead atoms. The molecule has 1 aliphatic rings. The SMILES string of the molecule is CC(=O)NC1CCN(CC(C)C(=O)NN)C1. The highest BCUT2D eigenvalue weighted by Crippen LogP contribution is 2.11. The number of carbonyl (C=O) groups is 2.